The van der Waals surface area contributed by atoms with Crippen molar-refractivity contribution in [3.05, 3.63) is 16.1 Å². The van der Waals surface area contributed by atoms with Crippen LogP contribution in [0.15, 0.2) is 5.51 Å². The molecule has 4 nitrogen and oxygen atoms in total. The molecule has 0 aliphatic carbocycles. The van der Waals surface area contributed by atoms with E-state index < -0.39 is 0 Å². The Morgan fingerprint density at radius 2 is 2.38 bits per heavy atom. The average Bonchev–Trinajstić information content (AvgIpc) is 2.62. The van der Waals surface area contributed by atoms with Crippen molar-refractivity contribution in [2.45, 2.75) is 32.4 Å². The van der Waals surface area contributed by atoms with E-state index in [1.165, 1.54) is 4.88 Å². The molecule has 0 bridgehead atoms. The van der Waals surface area contributed by atoms with Crippen molar-refractivity contribution in [3.8, 4) is 0 Å². The predicted molar refractivity (Wildman–Crippen MR) is 65.7 cm³/mol. The molecule has 1 unspecified atom stereocenters. The molecule has 1 atom stereocenters. The Bertz CT molecular complexity index is 309. The summed E-state index contributed by atoms with van der Waals surface area (Å²) in [5.41, 5.74) is 2.74. The number of hydrogen-bond acceptors (Lipinski definition) is 5. The highest BCUT2D eigenvalue weighted by Crippen LogP contribution is 2.15. The smallest absolute Gasteiger partial charge is 0.0798 e. The zero-order chi connectivity index (χ0) is 12.0. The molecule has 16 heavy (non-hydrogen) atoms. The molecule has 0 saturated carbocycles. The lowest BCUT2D eigenvalue weighted by Gasteiger charge is -2.29. The second-order valence-electron chi connectivity index (χ2n) is 4.18. The van der Waals surface area contributed by atoms with Crippen molar-refractivity contribution in [2.75, 3.05) is 20.3 Å². The van der Waals surface area contributed by atoms with Crippen molar-refractivity contribution >= 4 is 11.3 Å². The summed E-state index contributed by atoms with van der Waals surface area (Å²) in [5, 5.41) is 12.5. The zero-order valence-electron chi connectivity index (χ0n) is 10.1. The Kier molecular flexibility index (Phi) is 5.34. The third kappa shape index (κ3) is 3.83. The summed E-state index contributed by atoms with van der Waals surface area (Å²) >= 11 is 1.65. The van der Waals surface area contributed by atoms with Gasteiger partial charge in [-0.1, -0.05) is 0 Å². The largest absolute Gasteiger partial charge is 0.396 e. The minimum Gasteiger partial charge on any atom is -0.396 e. The molecule has 1 aromatic heterocycles. The summed E-state index contributed by atoms with van der Waals surface area (Å²) < 4.78 is 5.17. The van der Waals surface area contributed by atoms with E-state index in [2.05, 4.69) is 17.2 Å². The van der Waals surface area contributed by atoms with Crippen LogP contribution >= 0.6 is 11.3 Å². The first kappa shape index (κ1) is 13.6. The van der Waals surface area contributed by atoms with Gasteiger partial charge in [0.1, 0.15) is 0 Å². The summed E-state index contributed by atoms with van der Waals surface area (Å²) in [6.07, 6.45) is 0.679. The second kappa shape index (κ2) is 6.30. The quantitative estimate of drug-likeness (QED) is 0.760. The predicted octanol–water partition coefficient (Wildman–Crippen LogP) is 1.33. The molecule has 0 aliphatic heterocycles. The number of aliphatic hydroxyl groups excluding tert-OH is 1. The fraction of sp³-hybridized carbons (Fsp3) is 0.727. The first-order valence-electron chi connectivity index (χ1n) is 5.35. The number of nitrogens with one attached hydrogen (secondary N) is 1. The highest BCUT2D eigenvalue weighted by molar-refractivity contribution is 7.09. The number of methoxy groups -OCH3 is 1. The van der Waals surface area contributed by atoms with Crippen LogP contribution in [0.5, 0.6) is 0 Å². The molecule has 0 amide bonds. The van der Waals surface area contributed by atoms with Crippen LogP contribution in [0.3, 0.4) is 0 Å². The van der Waals surface area contributed by atoms with E-state index in [9.17, 15) is 0 Å². The van der Waals surface area contributed by atoms with E-state index in [4.69, 9.17) is 9.84 Å². The van der Waals surface area contributed by atoms with Gasteiger partial charge in [-0.05, 0) is 20.3 Å². The van der Waals surface area contributed by atoms with E-state index in [1.54, 1.807) is 18.4 Å². The molecule has 0 aromatic carbocycles. The van der Waals surface area contributed by atoms with E-state index >= 15 is 0 Å². The number of rotatable bonds is 7. The molecule has 0 aliphatic rings. The standard InChI is InChI=1S/C11H20N2O2S/c1-9-10(16-8-12-9)6-13-11(2,4-5-14)7-15-3/h8,13-14H,4-7H2,1-3H3. The molecular weight excluding hydrogens is 224 g/mol. The van der Waals surface area contributed by atoms with Crippen molar-refractivity contribution in [3.63, 3.8) is 0 Å². The first-order valence-corrected chi connectivity index (χ1v) is 6.23. The van der Waals surface area contributed by atoms with Gasteiger partial charge in [0.25, 0.3) is 0 Å². The Labute approximate surface area is 101 Å². The summed E-state index contributed by atoms with van der Waals surface area (Å²) in [6, 6.07) is 0. The van der Waals surface area contributed by atoms with Gasteiger partial charge in [-0.3, -0.25) is 0 Å². The zero-order valence-corrected chi connectivity index (χ0v) is 10.9. The number of hydrogen-bond donors (Lipinski definition) is 2. The minimum absolute atomic E-state index is 0.161. The maximum absolute atomic E-state index is 9.04. The van der Waals surface area contributed by atoms with Crippen LogP contribution in [0, 0.1) is 6.92 Å². The maximum atomic E-state index is 9.04. The van der Waals surface area contributed by atoms with Gasteiger partial charge in [-0.2, -0.15) is 0 Å². The van der Waals surface area contributed by atoms with Crippen molar-refractivity contribution in [2.24, 2.45) is 0 Å². The molecule has 0 fully saturated rings. The average molecular weight is 244 g/mol. The molecule has 0 spiro atoms. The Balaban J connectivity index is 2.53. The molecular formula is C11H20N2O2S. The van der Waals surface area contributed by atoms with E-state index in [0.717, 1.165) is 12.2 Å². The maximum Gasteiger partial charge on any atom is 0.0798 e. The molecule has 0 saturated heterocycles. The first-order chi connectivity index (χ1) is 7.61. The number of aryl methyl sites for hydroxylation is 1. The number of nitrogens with zero attached hydrogens (tertiary/aromatic N) is 1. The molecule has 0 radical (unpaired) electrons. The lowest BCUT2D eigenvalue weighted by Crippen LogP contribution is -2.46. The van der Waals surface area contributed by atoms with Gasteiger partial charge in [0.05, 0.1) is 17.8 Å². The van der Waals surface area contributed by atoms with Gasteiger partial charge < -0.3 is 15.2 Å². The van der Waals surface area contributed by atoms with Crippen LogP contribution in [0.25, 0.3) is 0 Å². The van der Waals surface area contributed by atoms with Crippen LogP contribution < -0.4 is 5.32 Å². The lowest BCUT2D eigenvalue weighted by molar-refractivity contribution is 0.0971. The van der Waals surface area contributed by atoms with Gasteiger partial charge in [-0.25, -0.2) is 4.98 Å². The second-order valence-corrected chi connectivity index (χ2v) is 5.12. The van der Waals surface area contributed by atoms with E-state index in [1.807, 2.05) is 12.4 Å². The van der Waals surface area contributed by atoms with Crippen molar-refractivity contribution in [1.29, 1.82) is 0 Å². The van der Waals surface area contributed by atoms with Crippen LogP contribution in [0.2, 0.25) is 0 Å². The van der Waals surface area contributed by atoms with Crippen molar-refractivity contribution < 1.29 is 9.84 Å². The Morgan fingerprint density at radius 3 is 2.88 bits per heavy atom. The third-order valence-corrected chi connectivity index (χ3v) is 3.58. The van der Waals surface area contributed by atoms with E-state index in [-0.39, 0.29) is 12.1 Å². The summed E-state index contributed by atoms with van der Waals surface area (Å²) in [7, 11) is 1.68. The summed E-state index contributed by atoms with van der Waals surface area (Å²) in [4.78, 5) is 5.44. The summed E-state index contributed by atoms with van der Waals surface area (Å²) in [5.74, 6) is 0. The number of aliphatic hydroxyl groups is 1. The fourth-order valence-corrected chi connectivity index (χ4v) is 2.28. The summed E-state index contributed by atoms with van der Waals surface area (Å²) in [6.45, 7) is 5.59. The topological polar surface area (TPSA) is 54.4 Å². The Hall–Kier alpha value is -0.490. The van der Waals surface area contributed by atoms with Gasteiger partial charge in [0.15, 0.2) is 0 Å². The SMILES string of the molecule is COCC(C)(CCO)NCc1scnc1C. The van der Waals surface area contributed by atoms with Crippen LogP contribution in [0.4, 0.5) is 0 Å². The van der Waals surface area contributed by atoms with Crippen molar-refractivity contribution in [1.82, 2.24) is 10.3 Å². The van der Waals surface area contributed by atoms with Gasteiger partial charge >= 0.3 is 0 Å². The Morgan fingerprint density at radius 1 is 1.62 bits per heavy atom. The molecule has 1 heterocycles. The molecule has 1 rings (SSSR count). The molecule has 5 heteroatoms. The monoisotopic (exact) mass is 244 g/mol. The van der Waals surface area contributed by atoms with Crippen LogP contribution in [-0.4, -0.2) is 36.0 Å². The minimum atomic E-state index is -0.181. The normalized spacial score (nSPS) is 15.0. The highest BCUT2D eigenvalue weighted by atomic mass is 32.1. The number of aromatic nitrogens is 1. The van der Waals surface area contributed by atoms with Crippen LogP contribution in [-0.2, 0) is 11.3 Å². The van der Waals surface area contributed by atoms with Gasteiger partial charge in [-0.15, -0.1) is 11.3 Å². The lowest BCUT2D eigenvalue weighted by atomic mass is 9.99. The van der Waals surface area contributed by atoms with Gasteiger partial charge in [0.2, 0.25) is 0 Å². The fourth-order valence-electron chi connectivity index (χ4n) is 1.57. The molecule has 1 aromatic rings. The van der Waals surface area contributed by atoms with E-state index in [0.29, 0.717) is 13.0 Å². The number of thiazole rings is 1. The third-order valence-electron chi connectivity index (χ3n) is 2.65. The molecule has 92 valence electrons. The molecule has 2 N–H and O–H groups in total. The number of ether oxygens (including phenoxy) is 1. The highest BCUT2D eigenvalue weighted by Gasteiger charge is 2.23. The van der Waals surface area contributed by atoms with Crippen LogP contribution in [0.1, 0.15) is 23.9 Å². The van der Waals surface area contributed by atoms with Gasteiger partial charge in [0, 0.05) is 30.7 Å².